The van der Waals surface area contributed by atoms with Gasteiger partial charge in [-0.3, -0.25) is 9.78 Å². The third kappa shape index (κ3) is 2.26. The Bertz CT molecular complexity index is 626. The summed E-state index contributed by atoms with van der Waals surface area (Å²) in [6.07, 6.45) is 2.60. The van der Waals surface area contributed by atoms with Crippen molar-refractivity contribution in [3.05, 3.63) is 24.0 Å². The molecule has 0 spiro atoms. The van der Waals surface area contributed by atoms with E-state index in [1.165, 1.54) is 13.8 Å². The van der Waals surface area contributed by atoms with Crippen LogP contribution in [0.15, 0.2) is 18.3 Å². The van der Waals surface area contributed by atoms with Crippen molar-refractivity contribution in [2.75, 3.05) is 11.9 Å². The lowest BCUT2D eigenvalue weighted by atomic mass is 10.2. The van der Waals surface area contributed by atoms with Crippen LogP contribution in [-0.4, -0.2) is 34.9 Å². The lowest BCUT2D eigenvalue weighted by Gasteiger charge is -2.42. The van der Waals surface area contributed by atoms with Crippen LogP contribution in [0, 0.1) is 0 Å². The van der Waals surface area contributed by atoms with E-state index in [-0.39, 0.29) is 12.5 Å². The van der Waals surface area contributed by atoms with Gasteiger partial charge in [-0.25, -0.2) is 12.7 Å². The van der Waals surface area contributed by atoms with Crippen LogP contribution < -0.4 is 5.32 Å². The number of sulfonamides is 1. The Kier molecular flexibility index (Phi) is 3.73. The number of hydrogen-bond donors (Lipinski definition) is 1. The first-order valence-electron chi connectivity index (χ1n) is 6.56. The lowest BCUT2D eigenvalue weighted by Crippen LogP contribution is -2.66. The fourth-order valence-corrected chi connectivity index (χ4v) is 3.50. The van der Waals surface area contributed by atoms with E-state index in [1.54, 1.807) is 12.3 Å². The zero-order valence-electron chi connectivity index (χ0n) is 11.9. The Balaban J connectivity index is 2.14. The highest BCUT2D eigenvalue weighted by atomic mass is 32.2. The molecule has 7 heteroatoms. The Hall–Kier alpha value is -1.63. The minimum absolute atomic E-state index is 0.00770. The summed E-state index contributed by atoms with van der Waals surface area (Å²) in [6.45, 7) is 5.73. The van der Waals surface area contributed by atoms with E-state index in [1.807, 2.05) is 6.07 Å². The van der Waals surface area contributed by atoms with Gasteiger partial charge in [-0.2, -0.15) is 0 Å². The summed E-state index contributed by atoms with van der Waals surface area (Å²) >= 11 is 0. The fraction of sp³-hybridized carbons (Fsp3) is 0.538. The van der Waals surface area contributed by atoms with Gasteiger partial charge >= 0.3 is 0 Å². The number of nitrogens with zero attached hydrogens (tertiary/aromatic N) is 2. The highest BCUT2D eigenvalue weighted by Crippen LogP contribution is 2.35. The molecular formula is C13H19N3O3S. The van der Waals surface area contributed by atoms with E-state index in [0.717, 1.165) is 23.0 Å². The maximum absolute atomic E-state index is 12.0. The van der Waals surface area contributed by atoms with Crippen LogP contribution in [-0.2, 0) is 21.4 Å². The summed E-state index contributed by atoms with van der Waals surface area (Å²) < 4.78 is 23.6. The van der Waals surface area contributed by atoms with Crippen molar-refractivity contribution in [3.8, 4) is 0 Å². The first-order chi connectivity index (χ1) is 9.30. The number of carbonyl (C=O) groups is 1. The molecule has 0 saturated carbocycles. The van der Waals surface area contributed by atoms with Crippen LogP contribution in [0.25, 0.3) is 0 Å². The number of pyridine rings is 1. The van der Waals surface area contributed by atoms with Crippen molar-refractivity contribution in [2.24, 2.45) is 0 Å². The molecule has 20 heavy (non-hydrogen) atoms. The van der Waals surface area contributed by atoms with Gasteiger partial charge in [0, 0.05) is 18.4 Å². The van der Waals surface area contributed by atoms with E-state index in [9.17, 15) is 13.2 Å². The summed E-state index contributed by atoms with van der Waals surface area (Å²) in [6, 6.07) is 3.58. The molecule has 1 fully saturated rings. The summed E-state index contributed by atoms with van der Waals surface area (Å²) in [7, 11) is -3.55. The zero-order valence-corrected chi connectivity index (χ0v) is 12.7. The highest BCUT2D eigenvalue weighted by molar-refractivity contribution is 7.94. The predicted octanol–water partition coefficient (Wildman–Crippen LogP) is 1.35. The number of aromatic nitrogens is 1. The monoisotopic (exact) mass is 297 g/mol. The smallest absolute Gasteiger partial charge is 0.259 e. The number of anilines is 1. The molecule has 1 N–H and O–H groups in total. The average molecular weight is 297 g/mol. The third-order valence-electron chi connectivity index (χ3n) is 3.38. The van der Waals surface area contributed by atoms with Gasteiger partial charge in [0.15, 0.2) is 4.75 Å². The van der Waals surface area contributed by atoms with Gasteiger partial charge in [0.2, 0.25) is 0 Å². The van der Waals surface area contributed by atoms with E-state index >= 15 is 0 Å². The molecule has 0 radical (unpaired) electrons. The number of hydrogen-bond acceptors (Lipinski definition) is 5. The molecule has 1 aromatic rings. The maximum Gasteiger partial charge on any atom is 0.259 e. The van der Waals surface area contributed by atoms with Crippen LogP contribution in [0.3, 0.4) is 0 Å². The molecule has 0 atom stereocenters. The molecule has 0 aromatic carbocycles. The molecule has 110 valence electrons. The minimum Gasteiger partial charge on any atom is -0.385 e. The molecule has 2 heterocycles. The van der Waals surface area contributed by atoms with Gasteiger partial charge in [-0.15, -0.1) is 0 Å². The first-order valence-corrected chi connectivity index (χ1v) is 8.00. The number of rotatable bonds is 5. The Morgan fingerprint density at radius 1 is 1.40 bits per heavy atom. The van der Waals surface area contributed by atoms with Crippen LogP contribution >= 0.6 is 0 Å². The van der Waals surface area contributed by atoms with Crippen LogP contribution in [0.2, 0.25) is 0 Å². The van der Waals surface area contributed by atoms with Crippen LogP contribution in [0.5, 0.6) is 0 Å². The van der Waals surface area contributed by atoms with E-state index in [2.05, 4.69) is 17.2 Å². The summed E-state index contributed by atoms with van der Waals surface area (Å²) in [4.78, 5) is 16.0. The number of carbonyl (C=O) groups excluding carboxylic acids is 1. The molecule has 1 amide bonds. The average Bonchev–Trinajstić information content (AvgIpc) is 2.42. The normalized spacial score (nSPS) is 19.6. The summed E-state index contributed by atoms with van der Waals surface area (Å²) in [5.74, 6) is -0.383. The molecule has 6 nitrogen and oxygen atoms in total. The van der Waals surface area contributed by atoms with Crippen LogP contribution in [0.4, 0.5) is 5.69 Å². The van der Waals surface area contributed by atoms with Crippen molar-refractivity contribution < 1.29 is 13.2 Å². The Labute approximate surface area is 119 Å². The molecule has 1 saturated heterocycles. The molecular weight excluding hydrogens is 278 g/mol. The topological polar surface area (TPSA) is 79.4 Å². The predicted molar refractivity (Wildman–Crippen MR) is 76.6 cm³/mol. The van der Waals surface area contributed by atoms with Gasteiger partial charge in [0.05, 0.1) is 12.2 Å². The van der Waals surface area contributed by atoms with Crippen molar-refractivity contribution in [2.45, 2.75) is 38.5 Å². The second kappa shape index (κ2) is 5.05. The Morgan fingerprint density at radius 3 is 2.70 bits per heavy atom. The van der Waals surface area contributed by atoms with E-state index < -0.39 is 14.8 Å². The van der Waals surface area contributed by atoms with Gasteiger partial charge < -0.3 is 5.32 Å². The molecule has 2 rings (SSSR count). The van der Waals surface area contributed by atoms with Gasteiger partial charge in [-0.05, 0) is 32.4 Å². The quantitative estimate of drug-likeness (QED) is 0.887. The number of nitrogens with one attached hydrogen (secondary N) is 1. The standard InChI is InChI=1S/C13H19N3O3S/c1-4-6-14-10-5-7-15-11(8-10)9-16-12(17)13(2,3)20(16,18)19/h5,7-8H,4,6,9H2,1-3H3,(H,14,15). The molecule has 0 bridgehead atoms. The summed E-state index contributed by atoms with van der Waals surface area (Å²) in [5.41, 5.74) is 1.43. The van der Waals surface area contributed by atoms with E-state index in [4.69, 9.17) is 0 Å². The largest absolute Gasteiger partial charge is 0.385 e. The van der Waals surface area contributed by atoms with Crippen molar-refractivity contribution in [1.82, 2.24) is 9.29 Å². The molecule has 0 aliphatic carbocycles. The Morgan fingerprint density at radius 2 is 2.10 bits per heavy atom. The van der Waals surface area contributed by atoms with Crippen molar-refractivity contribution >= 4 is 21.6 Å². The zero-order chi connectivity index (χ0) is 15.0. The van der Waals surface area contributed by atoms with Gasteiger partial charge in [0.25, 0.3) is 15.9 Å². The van der Waals surface area contributed by atoms with Gasteiger partial charge in [0.1, 0.15) is 0 Å². The fourth-order valence-electron chi connectivity index (χ4n) is 2.00. The first kappa shape index (κ1) is 14.8. The number of amides is 1. The molecule has 1 aliphatic heterocycles. The second-order valence-electron chi connectivity index (χ2n) is 5.29. The molecule has 0 unspecified atom stereocenters. The minimum atomic E-state index is -3.55. The van der Waals surface area contributed by atoms with Gasteiger partial charge in [-0.1, -0.05) is 6.92 Å². The maximum atomic E-state index is 12.0. The SMILES string of the molecule is CCCNc1ccnc(CN2C(=O)C(C)(C)S2(=O)=O)c1. The summed E-state index contributed by atoms with van der Waals surface area (Å²) in [5, 5.41) is 3.20. The van der Waals surface area contributed by atoms with Crippen molar-refractivity contribution in [3.63, 3.8) is 0 Å². The highest BCUT2D eigenvalue weighted by Gasteiger charge is 2.60. The molecule has 1 aromatic heterocycles. The second-order valence-corrected chi connectivity index (χ2v) is 7.70. The third-order valence-corrected chi connectivity index (χ3v) is 5.72. The van der Waals surface area contributed by atoms with Crippen LogP contribution in [0.1, 0.15) is 32.9 Å². The van der Waals surface area contributed by atoms with Crippen molar-refractivity contribution in [1.29, 1.82) is 0 Å². The lowest BCUT2D eigenvalue weighted by molar-refractivity contribution is -0.132. The molecule has 1 aliphatic rings. The van der Waals surface area contributed by atoms with E-state index in [0.29, 0.717) is 5.69 Å².